The molecule has 0 aliphatic heterocycles. The molecule has 0 atom stereocenters. The van der Waals surface area contributed by atoms with Crippen LogP contribution in [0.1, 0.15) is 37.8 Å². The van der Waals surface area contributed by atoms with Crippen molar-refractivity contribution in [2.45, 2.75) is 39.5 Å². The largest absolute Gasteiger partial charge is 0.553 e. The van der Waals surface area contributed by atoms with Crippen molar-refractivity contribution < 1.29 is 4.43 Å². The molecule has 0 aliphatic rings. The van der Waals surface area contributed by atoms with Gasteiger partial charge in [-0.3, -0.25) is 0 Å². The zero-order valence-electron chi connectivity index (χ0n) is 12.8. The quantitative estimate of drug-likeness (QED) is 0.731. The highest BCUT2D eigenvalue weighted by Crippen LogP contribution is 2.34. The van der Waals surface area contributed by atoms with Gasteiger partial charge in [-0.2, -0.15) is 0 Å². The van der Waals surface area contributed by atoms with E-state index in [1.165, 1.54) is 35.1 Å². The molecule has 0 bridgehead atoms. The minimum absolute atomic E-state index is 0.726. The molecule has 2 heteroatoms. The summed E-state index contributed by atoms with van der Waals surface area (Å²) in [5.41, 5.74) is 5.59. The van der Waals surface area contributed by atoms with Crippen LogP contribution in [0.25, 0.3) is 11.1 Å². The van der Waals surface area contributed by atoms with Crippen molar-refractivity contribution in [2.24, 2.45) is 0 Å². The van der Waals surface area contributed by atoms with Gasteiger partial charge in [-0.15, -0.1) is 0 Å². The maximum absolute atomic E-state index is 5.67. The fraction of sp³-hybridized carbons (Fsp3) is 0.333. The zero-order valence-corrected chi connectivity index (χ0v) is 14.8. The maximum atomic E-state index is 5.67. The summed E-state index contributed by atoms with van der Waals surface area (Å²) in [6, 6.07) is 15.1. The Morgan fingerprint density at radius 1 is 0.850 bits per heavy atom. The SMILES string of the molecule is CCCc1cccc(-c2ccccc2O[SiH3])c1CCC. The Hall–Kier alpha value is -1.54. The predicted octanol–water partition coefficient (Wildman–Crippen LogP) is 3.92. The van der Waals surface area contributed by atoms with Gasteiger partial charge >= 0.3 is 0 Å². The molecule has 0 aromatic heterocycles. The topological polar surface area (TPSA) is 9.23 Å². The third-order valence-corrected chi connectivity index (χ3v) is 4.13. The van der Waals surface area contributed by atoms with E-state index in [4.69, 9.17) is 4.43 Å². The maximum Gasteiger partial charge on any atom is 0.204 e. The number of para-hydroxylation sites is 1. The van der Waals surface area contributed by atoms with E-state index >= 15 is 0 Å². The molecule has 0 saturated carbocycles. The molecule has 2 aromatic carbocycles. The molecular formula is C18H24OSi. The van der Waals surface area contributed by atoms with Crippen molar-refractivity contribution >= 4 is 10.5 Å². The summed E-state index contributed by atoms with van der Waals surface area (Å²) in [5, 5.41) is 0. The molecule has 2 rings (SSSR count). The van der Waals surface area contributed by atoms with E-state index in [-0.39, 0.29) is 0 Å². The van der Waals surface area contributed by atoms with E-state index in [1.54, 1.807) is 0 Å². The Balaban J connectivity index is 2.57. The van der Waals surface area contributed by atoms with Crippen LogP contribution < -0.4 is 4.43 Å². The van der Waals surface area contributed by atoms with Gasteiger partial charge in [0.15, 0.2) is 0 Å². The number of hydrogen-bond donors (Lipinski definition) is 0. The van der Waals surface area contributed by atoms with Crippen LogP contribution in [0, 0.1) is 0 Å². The summed E-state index contributed by atoms with van der Waals surface area (Å²) in [6.07, 6.45) is 4.67. The smallest absolute Gasteiger partial charge is 0.204 e. The summed E-state index contributed by atoms with van der Waals surface area (Å²) >= 11 is 0. The predicted molar refractivity (Wildman–Crippen MR) is 90.4 cm³/mol. The second kappa shape index (κ2) is 7.30. The van der Waals surface area contributed by atoms with E-state index in [0.29, 0.717) is 0 Å². The Labute approximate surface area is 125 Å². The minimum Gasteiger partial charge on any atom is -0.553 e. The zero-order chi connectivity index (χ0) is 14.4. The minimum atomic E-state index is 0.726. The summed E-state index contributed by atoms with van der Waals surface area (Å²) in [7, 11) is 0.726. The third-order valence-electron chi connectivity index (χ3n) is 3.69. The Bertz CT molecular complexity index is 563. The highest BCUT2D eigenvalue weighted by atomic mass is 28.2. The molecule has 0 fully saturated rings. The van der Waals surface area contributed by atoms with E-state index in [0.717, 1.165) is 29.1 Å². The molecule has 0 spiro atoms. The van der Waals surface area contributed by atoms with Crippen LogP contribution in [0.15, 0.2) is 42.5 Å². The van der Waals surface area contributed by atoms with Crippen molar-refractivity contribution in [2.75, 3.05) is 0 Å². The molecule has 20 heavy (non-hydrogen) atoms. The van der Waals surface area contributed by atoms with E-state index < -0.39 is 0 Å². The van der Waals surface area contributed by atoms with Gasteiger partial charge < -0.3 is 4.43 Å². The molecule has 0 aliphatic carbocycles. The lowest BCUT2D eigenvalue weighted by molar-refractivity contribution is 0.618. The van der Waals surface area contributed by atoms with Gasteiger partial charge in [0.25, 0.3) is 0 Å². The highest BCUT2D eigenvalue weighted by Gasteiger charge is 2.12. The standard InChI is InChI=1S/C18H24OSi/c1-3-8-14-10-7-12-16(15(14)9-4-2)17-11-5-6-13-18(17)19-20/h5-7,10-13H,3-4,8-9H2,1-2,20H3. The van der Waals surface area contributed by atoms with Crippen LogP contribution in [0.2, 0.25) is 0 Å². The number of benzene rings is 2. The van der Waals surface area contributed by atoms with Crippen LogP contribution in [0.3, 0.4) is 0 Å². The van der Waals surface area contributed by atoms with Gasteiger partial charge in [-0.1, -0.05) is 63.1 Å². The normalized spacial score (nSPS) is 10.7. The fourth-order valence-electron chi connectivity index (χ4n) is 2.80. The van der Waals surface area contributed by atoms with E-state index in [9.17, 15) is 0 Å². The van der Waals surface area contributed by atoms with Crippen LogP contribution in [0.5, 0.6) is 5.75 Å². The Morgan fingerprint density at radius 3 is 2.25 bits per heavy atom. The first-order valence-electron chi connectivity index (χ1n) is 7.56. The summed E-state index contributed by atoms with van der Waals surface area (Å²) in [4.78, 5) is 0. The van der Waals surface area contributed by atoms with Gasteiger partial charge in [0, 0.05) is 5.56 Å². The first-order chi connectivity index (χ1) is 9.81. The van der Waals surface area contributed by atoms with Crippen LogP contribution >= 0.6 is 0 Å². The first kappa shape index (κ1) is 14.9. The molecule has 0 amide bonds. The summed E-state index contributed by atoms with van der Waals surface area (Å²) in [6.45, 7) is 4.50. The number of hydrogen-bond acceptors (Lipinski definition) is 1. The fourth-order valence-corrected chi connectivity index (χ4v) is 3.16. The molecule has 2 aromatic rings. The second-order valence-electron chi connectivity index (χ2n) is 5.14. The van der Waals surface area contributed by atoms with E-state index in [1.807, 2.05) is 6.07 Å². The lowest BCUT2D eigenvalue weighted by Crippen LogP contribution is -1.99. The molecular weight excluding hydrogens is 260 g/mol. The molecule has 0 N–H and O–H groups in total. The number of aryl methyl sites for hydroxylation is 1. The lowest BCUT2D eigenvalue weighted by Gasteiger charge is -2.16. The van der Waals surface area contributed by atoms with Crippen molar-refractivity contribution in [3.05, 3.63) is 53.6 Å². The summed E-state index contributed by atoms with van der Waals surface area (Å²) in [5.74, 6) is 1.02. The molecule has 1 nitrogen and oxygen atoms in total. The van der Waals surface area contributed by atoms with Crippen molar-refractivity contribution in [3.63, 3.8) is 0 Å². The molecule has 0 radical (unpaired) electrons. The second-order valence-corrected chi connectivity index (χ2v) is 5.55. The average molecular weight is 284 g/mol. The molecule has 0 heterocycles. The van der Waals surface area contributed by atoms with E-state index in [2.05, 4.69) is 50.2 Å². The highest BCUT2D eigenvalue weighted by molar-refractivity contribution is 6.00. The molecule has 106 valence electrons. The van der Waals surface area contributed by atoms with Gasteiger partial charge in [-0.05, 0) is 35.6 Å². The van der Waals surface area contributed by atoms with Gasteiger partial charge in [0.2, 0.25) is 10.5 Å². The molecule has 0 unspecified atom stereocenters. The third kappa shape index (κ3) is 3.13. The monoisotopic (exact) mass is 284 g/mol. The first-order valence-corrected chi connectivity index (χ1v) is 8.37. The van der Waals surface area contributed by atoms with Crippen LogP contribution in [0.4, 0.5) is 0 Å². The van der Waals surface area contributed by atoms with Crippen molar-refractivity contribution in [3.8, 4) is 16.9 Å². The van der Waals surface area contributed by atoms with Gasteiger partial charge in [0.1, 0.15) is 5.75 Å². The van der Waals surface area contributed by atoms with Crippen LogP contribution in [-0.2, 0) is 12.8 Å². The Morgan fingerprint density at radius 2 is 1.55 bits per heavy atom. The molecule has 0 saturated heterocycles. The van der Waals surface area contributed by atoms with Crippen molar-refractivity contribution in [1.29, 1.82) is 0 Å². The average Bonchev–Trinajstić information content (AvgIpc) is 2.49. The summed E-state index contributed by atoms with van der Waals surface area (Å²) < 4.78 is 5.67. The van der Waals surface area contributed by atoms with Gasteiger partial charge in [-0.25, -0.2) is 0 Å². The van der Waals surface area contributed by atoms with Crippen LogP contribution in [-0.4, -0.2) is 10.5 Å². The van der Waals surface area contributed by atoms with Crippen molar-refractivity contribution in [1.82, 2.24) is 0 Å². The number of rotatable bonds is 6. The Kier molecular flexibility index (Phi) is 5.42. The van der Waals surface area contributed by atoms with Gasteiger partial charge in [0.05, 0.1) is 0 Å². The lowest BCUT2D eigenvalue weighted by atomic mass is 9.90.